The van der Waals surface area contributed by atoms with Gasteiger partial charge in [0, 0.05) is 22.8 Å². The Labute approximate surface area is 121 Å². The molecule has 3 aromatic rings. The number of aliphatic hydroxyl groups excluding tert-OH is 1. The molecule has 102 valence electrons. The molecule has 0 amide bonds. The summed E-state index contributed by atoms with van der Waals surface area (Å²) in [4.78, 5) is 5.70. The van der Waals surface area contributed by atoms with Crippen molar-refractivity contribution in [3.8, 4) is 5.75 Å². The number of aliphatic hydroxyl groups is 1. The molecule has 20 heavy (non-hydrogen) atoms. The minimum Gasteiger partial charge on any atom is -0.492 e. The van der Waals surface area contributed by atoms with E-state index in [9.17, 15) is 5.11 Å². The van der Waals surface area contributed by atoms with Gasteiger partial charge in [-0.3, -0.25) is 4.98 Å². The number of nitrogens with zero attached hydrogens (tertiary/aromatic N) is 1. The van der Waals surface area contributed by atoms with Crippen LogP contribution < -0.4 is 4.74 Å². The summed E-state index contributed by atoms with van der Waals surface area (Å²) in [5.74, 6) is 0.788. The van der Waals surface area contributed by atoms with Crippen molar-refractivity contribution in [2.45, 2.75) is 13.0 Å². The largest absolute Gasteiger partial charge is 0.492 e. The van der Waals surface area contributed by atoms with Crippen LogP contribution in [0, 0.1) is 0 Å². The highest BCUT2D eigenvalue weighted by Gasteiger charge is 2.06. The molecule has 0 saturated carbocycles. The monoisotopic (exact) mass is 285 g/mol. The minimum atomic E-state index is -0.0773. The second kappa shape index (κ2) is 6.03. The Hall–Kier alpha value is -1.91. The maximum absolute atomic E-state index is 9.28. The number of pyridine rings is 1. The van der Waals surface area contributed by atoms with E-state index in [0.717, 1.165) is 23.1 Å². The molecule has 1 N–H and O–H groups in total. The maximum Gasteiger partial charge on any atom is 0.130 e. The molecule has 0 radical (unpaired) electrons. The number of fused-ring (bicyclic) bond motifs is 1. The van der Waals surface area contributed by atoms with Crippen LogP contribution in [0.1, 0.15) is 10.6 Å². The molecular weight excluding hydrogens is 270 g/mol. The van der Waals surface area contributed by atoms with Crippen molar-refractivity contribution in [2.24, 2.45) is 0 Å². The van der Waals surface area contributed by atoms with Gasteiger partial charge in [0.25, 0.3) is 0 Å². The molecule has 0 aliphatic carbocycles. The molecule has 0 spiro atoms. The van der Waals surface area contributed by atoms with Crippen molar-refractivity contribution in [3.05, 3.63) is 58.4 Å². The molecule has 0 unspecified atom stereocenters. The predicted molar refractivity (Wildman–Crippen MR) is 81.2 cm³/mol. The van der Waals surface area contributed by atoms with Gasteiger partial charge in [-0.1, -0.05) is 18.2 Å². The molecule has 3 nitrogen and oxygen atoms in total. The molecular formula is C16H15NO2S. The van der Waals surface area contributed by atoms with Gasteiger partial charge >= 0.3 is 0 Å². The first kappa shape index (κ1) is 13.1. The third-order valence-electron chi connectivity index (χ3n) is 3.08. The van der Waals surface area contributed by atoms with Gasteiger partial charge in [0.05, 0.1) is 24.4 Å². The molecule has 0 aliphatic rings. The number of aromatic nitrogens is 1. The third kappa shape index (κ3) is 2.81. The van der Waals surface area contributed by atoms with Crippen molar-refractivity contribution in [1.82, 2.24) is 4.98 Å². The Morgan fingerprint density at radius 2 is 2.05 bits per heavy atom. The lowest BCUT2D eigenvalue weighted by atomic mass is 10.2. The highest BCUT2D eigenvalue weighted by Crippen LogP contribution is 2.25. The fourth-order valence-corrected chi connectivity index (χ4v) is 2.80. The van der Waals surface area contributed by atoms with E-state index in [0.29, 0.717) is 12.3 Å². The highest BCUT2D eigenvalue weighted by atomic mass is 32.1. The zero-order valence-corrected chi connectivity index (χ0v) is 11.8. The fourth-order valence-electron chi connectivity index (χ4n) is 2.11. The van der Waals surface area contributed by atoms with Gasteiger partial charge in [-0.2, -0.15) is 0 Å². The second-order valence-electron chi connectivity index (χ2n) is 4.46. The number of para-hydroxylation sites is 1. The van der Waals surface area contributed by atoms with Gasteiger partial charge in [-0.15, -0.1) is 11.3 Å². The first-order chi connectivity index (χ1) is 9.86. The lowest BCUT2D eigenvalue weighted by Crippen LogP contribution is -2.02. The molecule has 0 bridgehead atoms. The molecule has 0 aliphatic heterocycles. The van der Waals surface area contributed by atoms with Crippen molar-refractivity contribution in [1.29, 1.82) is 0 Å². The van der Waals surface area contributed by atoms with E-state index < -0.39 is 0 Å². The topological polar surface area (TPSA) is 42.4 Å². The zero-order chi connectivity index (χ0) is 13.8. The van der Waals surface area contributed by atoms with Crippen molar-refractivity contribution in [3.63, 3.8) is 0 Å². The zero-order valence-electron chi connectivity index (χ0n) is 11.0. The lowest BCUT2D eigenvalue weighted by Gasteiger charge is -2.10. The van der Waals surface area contributed by atoms with E-state index in [-0.39, 0.29) is 6.61 Å². The van der Waals surface area contributed by atoms with Gasteiger partial charge < -0.3 is 9.84 Å². The standard InChI is InChI=1S/C16H15NO2S/c18-11-12-10-16(14-5-1-2-6-15(14)17-12)19-8-7-13-4-3-9-20-13/h1-6,9-10,18H,7-8,11H2. The molecule has 1 aromatic carbocycles. The number of hydrogen-bond donors (Lipinski definition) is 1. The lowest BCUT2D eigenvalue weighted by molar-refractivity contribution is 0.275. The molecule has 2 heterocycles. The smallest absolute Gasteiger partial charge is 0.130 e. The number of ether oxygens (including phenoxy) is 1. The summed E-state index contributed by atoms with van der Waals surface area (Å²) < 4.78 is 5.89. The van der Waals surface area contributed by atoms with Gasteiger partial charge in [0.2, 0.25) is 0 Å². The third-order valence-corrected chi connectivity index (χ3v) is 4.02. The van der Waals surface area contributed by atoms with Crippen LogP contribution in [0.3, 0.4) is 0 Å². The SMILES string of the molecule is OCc1cc(OCCc2cccs2)c2ccccc2n1. The molecule has 0 atom stereocenters. The normalized spacial score (nSPS) is 10.8. The van der Waals surface area contributed by atoms with Crippen LogP contribution in [0.15, 0.2) is 47.8 Å². The average Bonchev–Trinajstić information content (AvgIpc) is 3.00. The van der Waals surface area contributed by atoms with Crippen LogP contribution >= 0.6 is 11.3 Å². The number of hydrogen-bond acceptors (Lipinski definition) is 4. The van der Waals surface area contributed by atoms with E-state index in [1.54, 1.807) is 11.3 Å². The quantitative estimate of drug-likeness (QED) is 0.781. The Morgan fingerprint density at radius 3 is 2.85 bits per heavy atom. The average molecular weight is 285 g/mol. The molecule has 3 rings (SSSR count). The highest BCUT2D eigenvalue weighted by molar-refractivity contribution is 7.09. The summed E-state index contributed by atoms with van der Waals surface area (Å²) in [5.41, 5.74) is 1.49. The number of thiophene rings is 1. The maximum atomic E-state index is 9.28. The van der Waals surface area contributed by atoms with Crippen LogP contribution in [0.25, 0.3) is 10.9 Å². The molecule has 4 heteroatoms. The first-order valence-corrected chi connectivity index (χ1v) is 7.39. The Balaban J connectivity index is 1.82. The van der Waals surface area contributed by atoms with Crippen LogP contribution in [0.4, 0.5) is 0 Å². The second-order valence-corrected chi connectivity index (χ2v) is 5.50. The van der Waals surface area contributed by atoms with Gasteiger partial charge in [0.1, 0.15) is 5.75 Å². The summed E-state index contributed by atoms with van der Waals surface area (Å²) in [6.07, 6.45) is 0.892. The van der Waals surface area contributed by atoms with Gasteiger partial charge in [-0.25, -0.2) is 0 Å². The number of benzene rings is 1. The molecule has 0 fully saturated rings. The van der Waals surface area contributed by atoms with E-state index in [2.05, 4.69) is 16.4 Å². The van der Waals surface area contributed by atoms with Gasteiger partial charge in [-0.05, 0) is 23.6 Å². The van der Waals surface area contributed by atoms with Crippen LogP contribution in [-0.4, -0.2) is 16.7 Å². The fraction of sp³-hybridized carbons (Fsp3) is 0.188. The Bertz CT molecular complexity index is 695. The van der Waals surface area contributed by atoms with Crippen molar-refractivity contribution in [2.75, 3.05) is 6.61 Å². The van der Waals surface area contributed by atoms with Crippen LogP contribution in [0.2, 0.25) is 0 Å². The van der Waals surface area contributed by atoms with Gasteiger partial charge in [0.15, 0.2) is 0 Å². The van der Waals surface area contributed by atoms with Crippen LogP contribution in [-0.2, 0) is 13.0 Å². The summed E-state index contributed by atoms with van der Waals surface area (Å²) in [7, 11) is 0. The molecule has 2 aromatic heterocycles. The summed E-state index contributed by atoms with van der Waals surface area (Å²) in [6, 6.07) is 13.8. The first-order valence-electron chi connectivity index (χ1n) is 6.51. The predicted octanol–water partition coefficient (Wildman–Crippen LogP) is 3.41. The molecule has 0 saturated heterocycles. The van der Waals surface area contributed by atoms with E-state index in [1.165, 1.54) is 4.88 Å². The van der Waals surface area contributed by atoms with Crippen molar-refractivity contribution < 1.29 is 9.84 Å². The summed E-state index contributed by atoms with van der Waals surface area (Å²) in [6.45, 7) is 0.547. The van der Waals surface area contributed by atoms with E-state index >= 15 is 0 Å². The Morgan fingerprint density at radius 1 is 1.15 bits per heavy atom. The Kier molecular flexibility index (Phi) is 3.95. The minimum absolute atomic E-state index is 0.0773. The van der Waals surface area contributed by atoms with Crippen molar-refractivity contribution >= 4 is 22.2 Å². The summed E-state index contributed by atoms with van der Waals surface area (Å²) >= 11 is 1.74. The summed E-state index contributed by atoms with van der Waals surface area (Å²) in [5, 5.41) is 12.3. The van der Waals surface area contributed by atoms with E-state index in [4.69, 9.17) is 4.74 Å². The number of rotatable bonds is 5. The van der Waals surface area contributed by atoms with E-state index in [1.807, 2.05) is 36.4 Å². The van der Waals surface area contributed by atoms with Crippen LogP contribution in [0.5, 0.6) is 5.75 Å².